The first-order valence-corrected chi connectivity index (χ1v) is 14.5. The lowest BCUT2D eigenvalue weighted by Crippen LogP contribution is -2.49. The third-order valence-electron chi connectivity index (χ3n) is 8.22. The van der Waals surface area contributed by atoms with Crippen LogP contribution in [0, 0.1) is 5.92 Å². The molecule has 218 valence electrons. The summed E-state index contributed by atoms with van der Waals surface area (Å²) in [6, 6.07) is 1.18. The first-order valence-electron chi connectivity index (χ1n) is 14.5. The number of nitrogens with zero attached hydrogens (tertiary/aromatic N) is 5. The third kappa shape index (κ3) is 6.09. The van der Waals surface area contributed by atoms with E-state index in [4.69, 9.17) is 4.74 Å². The van der Waals surface area contributed by atoms with E-state index < -0.39 is 17.8 Å². The lowest BCUT2D eigenvalue weighted by molar-refractivity contribution is -0.120. The Hall–Kier alpha value is -3.21. The summed E-state index contributed by atoms with van der Waals surface area (Å²) in [4.78, 5) is 46.5. The molecule has 2 atom stereocenters. The van der Waals surface area contributed by atoms with E-state index in [0.29, 0.717) is 44.2 Å². The lowest BCUT2D eigenvalue weighted by Gasteiger charge is -2.39. The van der Waals surface area contributed by atoms with Crippen LogP contribution in [0.25, 0.3) is 11.0 Å². The number of urea groups is 1. The van der Waals surface area contributed by atoms with Crippen LogP contribution >= 0.6 is 0 Å². The number of ether oxygens (including phenoxy) is 1. The average Bonchev–Trinajstić information content (AvgIpc) is 3.26. The molecule has 0 unspecified atom stereocenters. The number of carbonyl (C=O) groups is 3. The van der Waals surface area contributed by atoms with Gasteiger partial charge in [0.05, 0.1) is 17.9 Å². The molecular formula is C29H41FN6O4. The monoisotopic (exact) mass is 556 g/mol. The van der Waals surface area contributed by atoms with Gasteiger partial charge in [0.15, 0.2) is 0 Å². The number of rotatable bonds is 5. The van der Waals surface area contributed by atoms with Gasteiger partial charge in [-0.3, -0.25) is 15.0 Å². The number of amides is 4. The van der Waals surface area contributed by atoms with Gasteiger partial charge < -0.3 is 19.1 Å². The largest absolute Gasteiger partial charge is 0.444 e. The predicted octanol–water partition coefficient (Wildman–Crippen LogP) is 4.28. The van der Waals surface area contributed by atoms with E-state index >= 15 is 4.39 Å². The number of aryl methyl sites for hydroxylation is 1. The second-order valence-electron chi connectivity index (χ2n) is 12.3. The maximum absolute atomic E-state index is 15.7. The van der Waals surface area contributed by atoms with Gasteiger partial charge in [-0.2, -0.15) is 0 Å². The van der Waals surface area contributed by atoms with Gasteiger partial charge in [0.2, 0.25) is 5.91 Å². The van der Waals surface area contributed by atoms with Gasteiger partial charge in [0.25, 0.3) is 0 Å². The molecule has 5 rings (SSSR count). The molecule has 0 bridgehead atoms. The van der Waals surface area contributed by atoms with Gasteiger partial charge in [-0.25, -0.2) is 19.0 Å². The fourth-order valence-electron chi connectivity index (χ4n) is 6.10. The Morgan fingerprint density at radius 3 is 2.55 bits per heavy atom. The number of hydrogen-bond acceptors (Lipinski definition) is 6. The summed E-state index contributed by atoms with van der Waals surface area (Å²) in [6.45, 7) is 11.4. The van der Waals surface area contributed by atoms with Crippen LogP contribution in [0.5, 0.6) is 0 Å². The van der Waals surface area contributed by atoms with Crippen molar-refractivity contribution in [2.24, 2.45) is 5.92 Å². The van der Waals surface area contributed by atoms with Gasteiger partial charge in [0, 0.05) is 57.3 Å². The second-order valence-corrected chi connectivity index (χ2v) is 12.3. The van der Waals surface area contributed by atoms with E-state index in [1.54, 1.807) is 11.1 Å². The Bertz CT molecular complexity index is 1270. The standard InChI is InChI=1S/C29H41FN6O4/c1-5-20-17-36(26-22(20)14-21(15-31-26)35-13-9-25(37)32-27(35)38)24-8-10-33(18-23(24)30)16-19-6-11-34(12-7-19)28(39)40-29(2,3)4/h14-15,17,19,23-24H,5-13,16,18H2,1-4H3,(H,32,37,38)/t23-,24-/m0/s1. The van der Waals surface area contributed by atoms with Crippen LogP contribution in [0.1, 0.15) is 65.0 Å². The van der Waals surface area contributed by atoms with Crippen LogP contribution in [-0.4, -0.2) is 88.4 Å². The molecule has 3 fully saturated rings. The molecule has 2 aromatic heterocycles. The number of pyridine rings is 1. The number of likely N-dealkylation sites (tertiary alicyclic amines) is 2. The molecule has 0 saturated carbocycles. The van der Waals surface area contributed by atoms with Crippen LogP contribution in [0.2, 0.25) is 0 Å². The van der Waals surface area contributed by atoms with Crippen molar-refractivity contribution in [2.45, 2.75) is 77.6 Å². The highest BCUT2D eigenvalue weighted by molar-refractivity contribution is 6.06. The highest BCUT2D eigenvalue weighted by atomic mass is 19.1. The van der Waals surface area contributed by atoms with E-state index in [9.17, 15) is 14.4 Å². The minimum atomic E-state index is -1.03. The molecule has 1 N–H and O–H groups in total. The van der Waals surface area contributed by atoms with Crippen molar-refractivity contribution in [3.05, 3.63) is 24.0 Å². The molecule has 4 amide bonds. The average molecular weight is 557 g/mol. The number of aromatic nitrogens is 2. The van der Waals surface area contributed by atoms with Crippen LogP contribution in [0.4, 0.5) is 19.7 Å². The van der Waals surface area contributed by atoms with Gasteiger partial charge in [-0.05, 0) is 64.0 Å². The fraction of sp³-hybridized carbons (Fsp3) is 0.655. The summed E-state index contributed by atoms with van der Waals surface area (Å²) in [5, 5.41) is 3.27. The molecule has 0 spiro atoms. The summed E-state index contributed by atoms with van der Waals surface area (Å²) in [5.41, 5.74) is 1.92. The number of anilines is 1. The number of hydrogen-bond donors (Lipinski definition) is 1. The zero-order valence-corrected chi connectivity index (χ0v) is 24.0. The first-order chi connectivity index (χ1) is 19.0. The zero-order chi connectivity index (χ0) is 28.6. The highest BCUT2D eigenvalue weighted by Gasteiger charge is 2.34. The van der Waals surface area contributed by atoms with Crippen molar-refractivity contribution in [3.63, 3.8) is 0 Å². The van der Waals surface area contributed by atoms with Crippen molar-refractivity contribution in [3.8, 4) is 0 Å². The normalized spacial score (nSPS) is 23.5. The Kier molecular flexibility index (Phi) is 8.03. The summed E-state index contributed by atoms with van der Waals surface area (Å²) in [5.74, 6) is 0.159. The van der Waals surface area contributed by atoms with E-state index in [2.05, 4.69) is 22.1 Å². The second kappa shape index (κ2) is 11.3. The Labute approximate surface area is 234 Å². The molecule has 3 aliphatic heterocycles. The van der Waals surface area contributed by atoms with Crippen LogP contribution in [-0.2, 0) is 16.0 Å². The Morgan fingerprint density at radius 2 is 1.90 bits per heavy atom. The third-order valence-corrected chi connectivity index (χ3v) is 8.22. The number of imide groups is 1. The molecule has 2 aromatic rings. The number of piperidine rings is 2. The van der Waals surface area contributed by atoms with Gasteiger partial charge >= 0.3 is 12.1 Å². The van der Waals surface area contributed by atoms with Crippen LogP contribution in [0.3, 0.4) is 0 Å². The summed E-state index contributed by atoms with van der Waals surface area (Å²) >= 11 is 0. The molecule has 3 aliphatic rings. The van der Waals surface area contributed by atoms with Crippen molar-refractivity contribution in [1.82, 2.24) is 24.7 Å². The quantitative estimate of drug-likeness (QED) is 0.590. The minimum Gasteiger partial charge on any atom is -0.444 e. The maximum Gasteiger partial charge on any atom is 0.410 e. The highest BCUT2D eigenvalue weighted by Crippen LogP contribution is 2.34. The number of fused-ring (bicyclic) bond motifs is 1. The molecule has 3 saturated heterocycles. The van der Waals surface area contributed by atoms with Gasteiger partial charge in [-0.1, -0.05) is 6.92 Å². The molecule has 0 aromatic carbocycles. The van der Waals surface area contributed by atoms with E-state index in [-0.39, 0.29) is 24.5 Å². The molecule has 40 heavy (non-hydrogen) atoms. The Morgan fingerprint density at radius 1 is 1.15 bits per heavy atom. The number of carbonyl (C=O) groups excluding carboxylic acids is 3. The molecule has 10 nitrogen and oxygen atoms in total. The van der Waals surface area contributed by atoms with Crippen LogP contribution in [0.15, 0.2) is 18.5 Å². The SMILES string of the molecule is CCc1cn([C@H]2CCN(CC3CCN(C(=O)OC(C)(C)C)CC3)C[C@@H]2F)c2ncc(N3CCC(=O)NC3=O)cc12. The molecule has 11 heteroatoms. The Balaban J connectivity index is 1.21. The van der Waals surface area contributed by atoms with E-state index in [1.165, 1.54) is 4.90 Å². The first kappa shape index (κ1) is 28.3. The number of halogens is 1. The molecule has 0 aliphatic carbocycles. The summed E-state index contributed by atoms with van der Waals surface area (Å²) < 4.78 is 23.2. The van der Waals surface area contributed by atoms with Crippen molar-refractivity contribution in [2.75, 3.05) is 44.2 Å². The topological polar surface area (TPSA) is 100 Å². The van der Waals surface area contributed by atoms with Crippen molar-refractivity contribution in [1.29, 1.82) is 0 Å². The molecule has 0 radical (unpaired) electrons. The van der Waals surface area contributed by atoms with E-state index in [1.807, 2.05) is 37.6 Å². The molecular weight excluding hydrogens is 515 g/mol. The van der Waals surface area contributed by atoms with Crippen LogP contribution < -0.4 is 10.2 Å². The number of alkyl halides is 1. The number of nitrogens with one attached hydrogen (secondary N) is 1. The minimum absolute atomic E-state index is 0.246. The molecule has 5 heterocycles. The zero-order valence-electron chi connectivity index (χ0n) is 24.0. The predicted molar refractivity (Wildman–Crippen MR) is 150 cm³/mol. The summed E-state index contributed by atoms with van der Waals surface area (Å²) in [7, 11) is 0. The summed E-state index contributed by atoms with van der Waals surface area (Å²) in [6.07, 6.45) is 5.85. The fourth-order valence-corrected chi connectivity index (χ4v) is 6.10. The van der Waals surface area contributed by atoms with Gasteiger partial charge in [-0.15, -0.1) is 0 Å². The smallest absolute Gasteiger partial charge is 0.410 e. The van der Waals surface area contributed by atoms with Gasteiger partial charge in [0.1, 0.15) is 17.4 Å². The van der Waals surface area contributed by atoms with Crippen molar-refractivity contribution < 1.29 is 23.5 Å². The maximum atomic E-state index is 15.7. The van der Waals surface area contributed by atoms with Crippen molar-refractivity contribution >= 4 is 34.8 Å². The lowest BCUT2D eigenvalue weighted by atomic mass is 9.94. The van der Waals surface area contributed by atoms with E-state index in [0.717, 1.165) is 48.9 Å².